The molecule has 29 heavy (non-hydrogen) atoms. The first-order valence-corrected chi connectivity index (χ1v) is 11.0. The lowest BCUT2D eigenvalue weighted by Gasteiger charge is -2.36. The number of halogens is 2. The maximum absolute atomic E-state index is 13.0. The van der Waals surface area contributed by atoms with Crippen LogP contribution in [0.5, 0.6) is 0 Å². The Morgan fingerprint density at radius 1 is 0.931 bits per heavy atom. The molecule has 7 heteroatoms. The van der Waals surface area contributed by atoms with Crippen LogP contribution < -0.4 is 10.5 Å². The Kier molecular flexibility index (Phi) is 5.53. The number of carbonyl (C=O) groups excluding carboxylic acids is 1. The Bertz CT molecular complexity index is 1140. The Hall–Kier alpha value is -2.12. The van der Waals surface area contributed by atoms with Gasteiger partial charge in [0.1, 0.15) is 5.56 Å². The number of nitrogens with zero attached hydrogens (tertiary/aromatic N) is 2. The van der Waals surface area contributed by atoms with Crippen LogP contribution in [0.3, 0.4) is 0 Å². The Labute approximate surface area is 185 Å². The van der Waals surface area contributed by atoms with Gasteiger partial charge in [-0.2, -0.15) is 0 Å². The average molecular weight is 520 g/mol. The zero-order valence-corrected chi connectivity index (χ0v) is 19.3. The highest BCUT2D eigenvalue weighted by atomic mass is 79.9. The van der Waals surface area contributed by atoms with Gasteiger partial charge in [0.15, 0.2) is 5.58 Å². The van der Waals surface area contributed by atoms with Gasteiger partial charge in [0.25, 0.3) is 5.91 Å². The Morgan fingerprint density at radius 3 is 2.24 bits per heavy atom. The van der Waals surface area contributed by atoms with Crippen molar-refractivity contribution in [1.29, 1.82) is 0 Å². The standard InChI is InChI=1S/C22H20Br2N2O3/c1-13-7-14(2)9-17(8-13)25-3-5-26(6-4-25)21(27)18-11-15-10-16(23)12-19(24)20(15)29-22(18)28/h7-12H,3-6H2,1-2H3. The second-order valence-corrected chi connectivity index (χ2v) is 9.15. The third-order valence-corrected chi connectivity index (χ3v) is 6.17. The molecule has 2 aromatic carbocycles. The maximum atomic E-state index is 13.0. The van der Waals surface area contributed by atoms with E-state index in [1.54, 1.807) is 17.0 Å². The molecule has 3 aromatic rings. The van der Waals surface area contributed by atoms with Crippen molar-refractivity contribution in [2.75, 3.05) is 31.1 Å². The number of anilines is 1. The fraction of sp³-hybridized carbons (Fsp3) is 0.273. The lowest BCUT2D eigenvalue weighted by Crippen LogP contribution is -2.49. The molecule has 4 rings (SSSR count). The highest BCUT2D eigenvalue weighted by molar-refractivity contribution is 9.11. The van der Waals surface area contributed by atoms with Crippen LogP contribution in [-0.4, -0.2) is 37.0 Å². The van der Waals surface area contributed by atoms with E-state index in [1.165, 1.54) is 16.8 Å². The van der Waals surface area contributed by atoms with Crippen molar-refractivity contribution in [2.24, 2.45) is 0 Å². The molecule has 5 nitrogen and oxygen atoms in total. The fourth-order valence-electron chi connectivity index (χ4n) is 3.78. The van der Waals surface area contributed by atoms with Crippen LogP contribution in [0.1, 0.15) is 21.5 Å². The van der Waals surface area contributed by atoms with Gasteiger partial charge < -0.3 is 14.2 Å². The molecule has 1 fully saturated rings. The van der Waals surface area contributed by atoms with E-state index in [2.05, 4.69) is 68.8 Å². The molecule has 0 aliphatic carbocycles. The zero-order valence-electron chi connectivity index (χ0n) is 16.2. The Balaban J connectivity index is 1.55. The molecule has 0 saturated carbocycles. The number of piperazine rings is 1. The lowest BCUT2D eigenvalue weighted by atomic mass is 10.1. The van der Waals surface area contributed by atoms with Gasteiger partial charge in [0, 0.05) is 41.7 Å². The van der Waals surface area contributed by atoms with Gasteiger partial charge in [0.05, 0.1) is 4.47 Å². The SMILES string of the molecule is Cc1cc(C)cc(N2CCN(C(=O)c3cc4cc(Br)cc(Br)c4oc3=O)CC2)c1. The summed E-state index contributed by atoms with van der Waals surface area (Å²) in [5.74, 6) is -0.281. The van der Waals surface area contributed by atoms with E-state index in [1.807, 2.05) is 6.07 Å². The minimum absolute atomic E-state index is 0.0716. The van der Waals surface area contributed by atoms with Gasteiger partial charge in [-0.1, -0.05) is 22.0 Å². The topological polar surface area (TPSA) is 53.8 Å². The molecule has 0 N–H and O–H groups in total. The molecule has 1 amide bonds. The smallest absolute Gasteiger partial charge is 0.349 e. The minimum atomic E-state index is -0.609. The monoisotopic (exact) mass is 518 g/mol. The van der Waals surface area contributed by atoms with Crippen LogP contribution in [0.2, 0.25) is 0 Å². The van der Waals surface area contributed by atoms with Crippen molar-refractivity contribution in [1.82, 2.24) is 4.90 Å². The summed E-state index contributed by atoms with van der Waals surface area (Å²) in [5, 5.41) is 0.697. The second kappa shape index (κ2) is 7.95. The average Bonchev–Trinajstić information content (AvgIpc) is 2.67. The molecule has 1 saturated heterocycles. The van der Waals surface area contributed by atoms with Crippen LogP contribution in [-0.2, 0) is 0 Å². The van der Waals surface area contributed by atoms with Crippen LogP contribution in [0.25, 0.3) is 11.0 Å². The number of hydrogen-bond acceptors (Lipinski definition) is 4. The summed E-state index contributed by atoms with van der Waals surface area (Å²) in [6.07, 6.45) is 0. The van der Waals surface area contributed by atoms with Crippen molar-refractivity contribution >= 4 is 54.4 Å². The summed E-state index contributed by atoms with van der Waals surface area (Å²) < 4.78 is 6.93. The van der Waals surface area contributed by atoms with Gasteiger partial charge in [-0.3, -0.25) is 4.79 Å². The highest BCUT2D eigenvalue weighted by Gasteiger charge is 2.25. The number of benzene rings is 2. The molecule has 0 spiro atoms. The summed E-state index contributed by atoms with van der Waals surface area (Å²) in [6.45, 7) is 6.75. The van der Waals surface area contributed by atoms with Gasteiger partial charge in [-0.15, -0.1) is 0 Å². The molecule has 1 aromatic heterocycles. The van der Waals surface area contributed by atoms with E-state index < -0.39 is 5.63 Å². The van der Waals surface area contributed by atoms with Crippen LogP contribution >= 0.6 is 31.9 Å². The summed E-state index contributed by atoms with van der Waals surface area (Å²) >= 11 is 6.82. The number of aryl methyl sites for hydroxylation is 2. The minimum Gasteiger partial charge on any atom is -0.421 e. The van der Waals surface area contributed by atoms with Crippen molar-refractivity contribution < 1.29 is 9.21 Å². The first-order chi connectivity index (χ1) is 13.8. The molecule has 0 unspecified atom stereocenters. The first-order valence-electron chi connectivity index (χ1n) is 9.37. The van der Waals surface area contributed by atoms with Gasteiger partial charge in [0.2, 0.25) is 0 Å². The summed E-state index contributed by atoms with van der Waals surface area (Å²) in [4.78, 5) is 29.5. The first kappa shape index (κ1) is 20.2. The summed E-state index contributed by atoms with van der Waals surface area (Å²) in [5.41, 5.74) is 3.53. The number of carbonyl (C=O) groups is 1. The lowest BCUT2D eigenvalue weighted by molar-refractivity contribution is 0.0742. The van der Waals surface area contributed by atoms with Crippen molar-refractivity contribution in [3.8, 4) is 0 Å². The van der Waals surface area contributed by atoms with E-state index in [0.29, 0.717) is 28.5 Å². The molecular formula is C22H20Br2N2O3. The molecule has 2 heterocycles. The van der Waals surface area contributed by atoms with Crippen molar-refractivity contribution in [3.63, 3.8) is 0 Å². The van der Waals surface area contributed by atoms with Crippen LogP contribution in [0.4, 0.5) is 5.69 Å². The number of hydrogen-bond donors (Lipinski definition) is 0. The molecule has 0 bridgehead atoms. The van der Waals surface area contributed by atoms with E-state index in [4.69, 9.17) is 4.42 Å². The third kappa shape index (κ3) is 4.12. The second-order valence-electron chi connectivity index (χ2n) is 7.38. The quantitative estimate of drug-likeness (QED) is 0.452. The third-order valence-electron chi connectivity index (χ3n) is 5.12. The predicted molar refractivity (Wildman–Crippen MR) is 122 cm³/mol. The highest BCUT2D eigenvalue weighted by Crippen LogP contribution is 2.28. The Morgan fingerprint density at radius 2 is 1.59 bits per heavy atom. The number of rotatable bonds is 2. The molecule has 0 atom stereocenters. The summed E-state index contributed by atoms with van der Waals surface area (Å²) in [7, 11) is 0. The number of amides is 1. The predicted octanol–water partition coefficient (Wildman–Crippen LogP) is 4.90. The largest absolute Gasteiger partial charge is 0.421 e. The number of fused-ring (bicyclic) bond motifs is 1. The molecule has 0 radical (unpaired) electrons. The molecular weight excluding hydrogens is 500 g/mol. The fourth-order valence-corrected chi connectivity index (χ4v) is 5.12. The van der Waals surface area contributed by atoms with E-state index in [9.17, 15) is 9.59 Å². The van der Waals surface area contributed by atoms with Gasteiger partial charge in [-0.05, 0) is 71.2 Å². The van der Waals surface area contributed by atoms with E-state index in [-0.39, 0.29) is 11.5 Å². The molecule has 1 aliphatic heterocycles. The van der Waals surface area contributed by atoms with E-state index in [0.717, 1.165) is 17.6 Å². The normalized spacial score (nSPS) is 14.5. The van der Waals surface area contributed by atoms with Gasteiger partial charge in [-0.25, -0.2) is 4.79 Å². The van der Waals surface area contributed by atoms with Crippen LogP contribution in [0, 0.1) is 13.8 Å². The van der Waals surface area contributed by atoms with Crippen molar-refractivity contribution in [2.45, 2.75) is 13.8 Å². The molecule has 1 aliphatic rings. The van der Waals surface area contributed by atoms with E-state index >= 15 is 0 Å². The maximum Gasteiger partial charge on any atom is 0.349 e. The van der Waals surface area contributed by atoms with Crippen LogP contribution in [0.15, 0.2) is 54.6 Å². The zero-order chi connectivity index (χ0) is 20.7. The van der Waals surface area contributed by atoms with Gasteiger partial charge >= 0.3 is 5.63 Å². The summed E-state index contributed by atoms with van der Waals surface area (Å²) in [6, 6.07) is 11.7. The molecule has 150 valence electrons. The van der Waals surface area contributed by atoms with Crippen molar-refractivity contribution in [3.05, 3.63) is 72.5 Å².